The van der Waals surface area contributed by atoms with Crippen molar-refractivity contribution < 1.29 is 9.59 Å². The number of rotatable bonds is 6. The quantitative estimate of drug-likeness (QED) is 0.575. The van der Waals surface area contributed by atoms with Gasteiger partial charge in [-0.15, -0.1) is 0 Å². The molecule has 0 bridgehead atoms. The Bertz CT molecular complexity index is 1100. The lowest BCUT2D eigenvalue weighted by molar-refractivity contribution is -0.133. The van der Waals surface area contributed by atoms with Crippen LogP contribution < -0.4 is 5.32 Å². The van der Waals surface area contributed by atoms with Crippen molar-refractivity contribution in [1.82, 2.24) is 25.0 Å². The van der Waals surface area contributed by atoms with Crippen molar-refractivity contribution in [3.05, 3.63) is 75.6 Å². The lowest BCUT2D eigenvalue weighted by Crippen LogP contribution is -2.49. The van der Waals surface area contributed by atoms with E-state index in [4.69, 9.17) is 11.6 Å². The van der Waals surface area contributed by atoms with Gasteiger partial charge in [-0.25, -0.2) is 9.67 Å². The smallest absolute Gasteiger partial charge is 0.270 e. The predicted molar refractivity (Wildman–Crippen MR) is 116 cm³/mol. The first-order chi connectivity index (χ1) is 14.4. The van der Waals surface area contributed by atoms with Crippen molar-refractivity contribution in [1.29, 1.82) is 0 Å². The summed E-state index contributed by atoms with van der Waals surface area (Å²) in [7, 11) is 1.75. The second-order valence-corrected chi connectivity index (χ2v) is 8.48. The second kappa shape index (κ2) is 8.20. The van der Waals surface area contributed by atoms with Crippen molar-refractivity contribution in [2.45, 2.75) is 24.9 Å². The third-order valence-electron chi connectivity index (χ3n) is 4.97. The van der Waals surface area contributed by atoms with Gasteiger partial charge >= 0.3 is 0 Å². The molecule has 2 amide bonds. The maximum atomic E-state index is 13.1. The Hall–Kier alpha value is -2.71. The molecule has 4 rings (SSSR count). The molecule has 0 radical (unpaired) electrons. The molecule has 7 nitrogen and oxygen atoms in total. The highest BCUT2D eigenvalue weighted by Gasteiger charge is 2.52. The van der Waals surface area contributed by atoms with Crippen molar-refractivity contribution in [3.63, 3.8) is 0 Å². The summed E-state index contributed by atoms with van der Waals surface area (Å²) < 4.78 is 1.84. The number of aromatic nitrogens is 3. The van der Waals surface area contributed by atoms with E-state index in [0.29, 0.717) is 34.8 Å². The molecule has 0 saturated heterocycles. The molecule has 3 aromatic rings. The molecule has 2 aromatic heterocycles. The number of hydrogen-bond acceptors (Lipinski definition) is 4. The Morgan fingerprint density at radius 1 is 1.23 bits per heavy atom. The van der Waals surface area contributed by atoms with Gasteiger partial charge in [-0.1, -0.05) is 41.9 Å². The highest BCUT2D eigenvalue weighted by atomic mass is 79.9. The molecule has 1 aromatic carbocycles. The molecule has 1 saturated carbocycles. The van der Waals surface area contributed by atoms with Crippen LogP contribution in [-0.4, -0.2) is 44.1 Å². The minimum atomic E-state index is -0.893. The van der Waals surface area contributed by atoms with Crippen molar-refractivity contribution >= 4 is 39.3 Å². The summed E-state index contributed by atoms with van der Waals surface area (Å²) in [6.45, 7) is 0.477. The molecule has 0 aliphatic heterocycles. The predicted octanol–water partition coefficient (Wildman–Crippen LogP) is 3.60. The lowest BCUT2D eigenvalue weighted by Gasteiger charge is -2.24. The monoisotopic (exact) mass is 487 g/mol. The molecule has 1 N–H and O–H groups in total. The zero-order valence-electron chi connectivity index (χ0n) is 16.2. The van der Waals surface area contributed by atoms with Gasteiger partial charge in [-0.2, -0.15) is 5.10 Å². The Morgan fingerprint density at radius 2 is 1.97 bits per heavy atom. The molecule has 9 heteroatoms. The van der Waals surface area contributed by atoms with E-state index < -0.39 is 11.4 Å². The number of amides is 2. The number of nitrogens with one attached hydrogen (secondary N) is 1. The average molecular weight is 489 g/mol. The van der Waals surface area contributed by atoms with Crippen LogP contribution in [0.15, 0.2) is 59.3 Å². The number of pyridine rings is 1. The summed E-state index contributed by atoms with van der Waals surface area (Å²) in [5.41, 5.74) is 0.380. The maximum Gasteiger partial charge on any atom is 0.270 e. The van der Waals surface area contributed by atoms with Gasteiger partial charge in [0.15, 0.2) is 5.82 Å². The molecule has 1 aliphatic carbocycles. The van der Waals surface area contributed by atoms with Crippen LogP contribution in [0.5, 0.6) is 0 Å². The van der Waals surface area contributed by atoms with Gasteiger partial charge < -0.3 is 10.2 Å². The third-order valence-corrected chi connectivity index (χ3v) is 5.66. The van der Waals surface area contributed by atoms with Crippen molar-refractivity contribution in [2.24, 2.45) is 0 Å². The van der Waals surface area contributed by atoms with Crippen LogP contribution >= 0.6 is 27.5 Å². The van der Waals surface area contributed by atoms with Gasteiger partial charge in [0.25, 0.3) is 5.91 Å². The van der Waals surface area contributed by atoms with E-state index in [1.54, 1.807) is 36.3 Å². The molecule has 0 atom stereocenters. The summed E-state index contributed by atoms with van der Waals surface area (Å²) in [4.78, 5) is 32.0. The first-order valence-corrected chi connectivity index (χ1v) is 10.6. The summed E-state index contributed by atoms with van der Waals surface area (Å²) in [6.07, 6.45) is 2.76. The number of hydrogen-bond donors (Lipinski definition) is 1. The number of halogens is 2. The van der Waals surface area contributed by atoms with Crippen LogP contribution in [0, 0.1) is 0 Å². The zero-order chi connectivity index (χ0) is 21.3. The zero-order valence-corrected chi connectivity index (χ0v) is 18.5. The summed E-state index contributed by atoms with van der Waals surface area (Å²) in [5, 5.41) is 7.55. The fourth-order valence-corrected chi connectivity index (χ4v) is 3.88. The molecule has 30 heavy (non-hydrogen) atoms. The Morgan fingerprint density at radius 3 is 2.63 bits per heavy atom. The summed E-state index contributed by atoms with van der Waals surface area (Å²) >= 11 is 9.53. The Kier molecular flexibility index (Phi) is 5.62. The van der Waals surface area contributed by atoms with E-state index in [9.17, 15) is 9.59 Å². The van der Waals surface area contributed by atoms with Crippen LogP contribution in [0.1, 0.15) is 28.9 Å². The summed E-state index contributed by atoms with van der Waals surface area (Å²) in [5.74, 6) is -0.179. The van der Waals surface area contributed by atoms with Crippen molar-refractivity contribution in [2.75, 3.05) is 7.05 Å². The fraction of sp³-hybridized carbons (Fsp3) is 0.238. The first-order valence-electron chi connectivity index (χ1n) is 9.38. The van der Waals surface area contributed by atoms with E-state index in [1.807, 2.05) is 30.3 Å². The molecule has 0 spiro atoms. The van der Waals surface area contributed by atoms with Gasteiger partial charge in [0.1, 0.15) is 15.8 Å². The van der Waals surface area contributed by atoms with Crippen LogP contribution in [0.4, 0.5) is 0 Å². The first kappa shape index (κ1) is 20.6. The number of carbonyl (C=O) groups is 2. The van der Waals surface area contributed by atoms with Gasteiger partial charge in [0.05, 0.1) is 5.02 Å². The molecular formula is C21H19BrClN5O2. The highest BCUT2D eigenvalue weighted by Crippen LogP contribution is 2.38. The molecule has 154 valence electrons. The number of carbonyl (C=O) groups excluding carboxylic acids is 2. The highest BCUT2D eigenvalue weighted by molar-refractivity contribution is 9.10. The number of likely N-dealkylation sites (N-methyl/N-ethyl adjacent to an activating group) is 1. The Labute approximate surface area is 187 Å². The van der Waals surface area contributed by atoms with E-state index in [-0.39, 0.29) is 11.6 Å². The molecule has 0 unspecified atom stereocenters. The van der Waals surface area contributed by atoms with Crippen LogP contribution in [0.3, 0.4) is 0 Å². The maximum absolute atomic E-state index is 13.1. The van der Waals surface area contributed by atoms with Gasteiger partial charge in [0.2, 0.25) is 5.91 Å². The summed E-state index contributed by atoms with van der Waals surface area (Å²) in [6, 6.07) is 14.7. The van der Waals surface area contributed by atoms with Gasteiger partial charge in [-0.3, -0.25) is 9.59 Å². The fourth-order valence-electron chi connectivity index (χ4n) is 3.30. The van der Waals surface area contributed by atoms with E-state index >= 15 is 0 Å². The molecule has 1 fully saturated rings. The van der Waals surface area contributed by atoms with E-state index in [2.05, 4.69) is 31.3 Å². The minimum absolute atomic E-state index is 0.110. The molecule has 1 aliphatic rings. The lowest BCUT2D eigenvalue weighted by atomic mass is 10.1. The van der Waals surface area contributed by atoms with Crippen LogP contribution in [-0.2, 0) is 11.3 Å². The second-order valence-electron chi connectivity index (χ2n) is 7.26. The van der Waals surface area contributed by atoms with Gasteiger partial charge in [-0.05, 0) is 46.5 Å². The molecular weight excluding hydrogens is 470 g/mol. The standard InChI is InChI=1S/C21H19BrClN5O2/c1-27(13-14-6-3-2-4-7-14)20(30)21(9-10-21)25-19(29)16-12-17(22)26-28(16)18-15(23)8-5-11-24-18/h2-8,11-12H,9-10,13H2,1H3,(H,25,29). The minimum Gasteiger partial charge on any atom is -0.339 e. The average Bonchev–Trinajstić information content (AvgIpc) is 3.41. The Balaban J connectivity index is 1.53. The van der Waals surface area contributed by atoms with Crippen LogP contribution in [0.25, 0.3) is 5.82 Å². The van der Waals surface area contributed by atoms with Crippen LogP contribution in [0.2, 0.25) is 5.02 Å². The number of nitrogens with zero attached hydrogens (tertiary/aromatic N) is 4. The number of benzene rings is 1. The SMILES string of the molecule is CN(Cc1ccccc1)C(=O)C1(NC(=O)c2cc(Br)nn2-c2ncccc2Cl)CC1. The van der Waals surface area contributed by atoms with E-state index in [0.717, 1.165) is 5.56 Å². The largest absolute Gasteiger partial charge is 0.339 e. The third kappa shape index (κ3) is 4.11. The topological polar surface area (TPSA) is 80.1 Å². The normalized spacial score (nSPS) is 14.2. The van der Waals surface area contributed by atoms with Crippen molar-refractivity contribution in [3.8, 4) is 5.82 Å². The molecule has 2 heterocycles. The van der Waals surface area contributed by atoms with Gasteiger partial charge in [0, 0.05) is 25.9 Å². The van der Waals surface area contributed by atoms with E-state index in [1.165, 1.54) is 4.68 Å².